The van der Waals surface area contributed by atoms with Crippen LogP contribution in [0, 0.1) is 11.6 Å². The molecule has 0 bridgehead atoms. The number of carboxylic acid groups (broad SMARTS) is 1. The van der Waals surface area contributed by atoms with Crippen LogP contribution in [-0.2, 0) is 0 Å². The highest BCUT2D eigenvalue weighted by Crippen LogP contribution is 2.45. The summed E-state index contributed by atoms with van der Waals surface area (Å²) in [6.45, 7) is 4.01. The predicted octanol–water partition coefficient (Wildman–Crippen LogP) is 3.83. The van der Waals surface area contributed by atoms with Crippen molar-refractivity contribution in [2.45, 2.75) is 38.3 Å². The molecule has 1 aliphatic rings. The monoisotopic (exact) mass is 372 g/mol. The molecule has 1 aromatic carbocycles. The van der Waals surface area contributed by atoms with Crippen molar-refractivity contribution in [1.82, 2.24) is 14.6 Å². The minimum Gasteiger partial charge on any atom is -0.477 e. The number of nitrogens with zero attached hydrogens (tertiary/aromatic N) is 4. The molecule has 1 N–H and O–H groups in total. The Hall–Kier alpha value is -3.03. The van der Waals surface area contributed by atoms with Gasteiger partial charge >= 0.3 is 5.97 Å². The van der Waals surface area contributed by atoms with E-state index in [-0.39, 0.29) is 22.3 Å². The van der Waals surface area contributed by atoms with Crippen molar-refractivity contribution in [3.8, 4) is 0 Å². The number of hydrogen-bond donors (Lipinski definition) is 1. The van der Waals surface area contributed by atoms with Gasteiger partial charge in [-0.05, 0) is 51.0 Å². The van der Waals surface area contributed by atoms with Crippen molar-refractivity contribution in [3.63, 3.8) is 0 Å². The van der Waals surface area contributed by atoms with Crippen LogP contribution in [0.5, 0.6) is 0 Å². The average Bonchev–Trinajstić information content (AvgIpc) is 3.16. The Kier molecular flexibility index (Phi) is 3.87. The fraction of sp³-hybridized carbons (Fsp3) is 0.316. The van der Waals surface area contributed by atoms with Gasteiger partial charge in [0.05, 0.1) is 12.2 Å². The Morgan fingerprint density at radius 3 is 2.81 bits per heavy atom. The molecule has 0 aliphatic carbocycles. The Balaban J connectivity index is 1.86. The molecular formula is C19H18F2N4O2. The van der Waals surface area contributed by atoms with Gasteiger partial charge in [-0.15, -0.1) is 0 Å². The standard InChI is InChI=1S/C19H18F2N4O2/c1-19(2)7-5-15(12-9-11(20)3-4-14(12)21)25(19)16-6-8-24-17(23-16)13(10-22-24)18(26)27/h3-4,6,8-10,15H,5,7H2,1-2H3,(H,26,27). The molecule has 0 amide bonds. The van der Waals surface area contributed by atoms with E-state index in [0.717, 1.165) is 18.6 Å². The molecule has 3 heterocycles. The molecule has 6 nitrogen and oxygen atoms in total. The number of benzene rings is 1. The van der Waals surface area contributed by atoms with Gasteiger partial charge < -0.3 is 10.0 Å². The van der Waals surface area contributed by atoms with E-state index in [9.17, 15) is 18.7 Å². The van der Waals surface area contributed by atoms with Crippen LogP contribution < -0.4 is 4.90 Å². The number of fused-ring (bicyclic) bond motifs is 1. The van der Waals surface area contributed by atoms with Crippen molar-refractivity contribution in [2.24, 2.45) is 0 Å². The minimum atomic E-state index is -1.12. The van der Waals surface area contributed by atoms with E-state index in [0.29, 0.717) is 12.2 Å². The second-order valence-corrected chi connectivity index (χ2v) is 7.32. The number of carboxylic acids is 1. The highest BCUT2D eigenvalue weighted by molar-refractivity contribution is 5.94. The summed E-state index contributed by atoms with van der Waals surface area (Å²) in [5.41, 5.74) is 0.107. The molecule has 0 saturated carbocycles. The van der Waals surface area contributed by atoms with E-state index >= 15 is 0 Å². The normalized spacial score (nSPS) is 19.0. The van der Waals surface area contributed by atoms with Crippen LogP contribution in [0.4, 0.5) is 14.6 Å². The maximum atomic E-state index is 14.4. The molecule has 8 heteroatoms. The molecule has 4 rings (SSSR count). The predicted molar refractivity (Wildman–Crippen MR) is 94.8 cm³/mol. The van der Waals surface area contributed by atoms with Crippen LogP contribution in [0.15, 0.2) is 36.7 Å². The SMILES string of the molecule is CC1(C)CCC(c2cc(F)ccc2F)N1c1ccn2ncc(C(=O)O)c2n1. The number of anilines is 1. The Labute approximate surface area is 154 Å². The number of hydrogen-bond acceptors (Lipinski definition) is 4. The fourth-order valence-corrected chi connectivity index (χ4v) is 3.84. The summed E-state index contributed by atoms with van der Waals surface area (Å²) in [4.78, 5) is 17.8. The van der Waals surface area contributed by atoms with Gasteiger partial charge in [-0.1, -0.05) is 0 Å². The first kappa shape index (κ1) is 17.4. The van der Waals surface area contributed by atoms with E-state index in [1.54, 1.807) is 12.3 Å². The van der Waals surface area contributed by atoms with Gasteiger partial charge in [-0.3, -0.25) is 0 Å². The number of aromatic nitrogens is 3. The number of carbonyl (C=O) groups is 1. The third-order valence-electron chi connectivity index (χ3n) is 5.14. The molecule has 3 aromatic rings. The van der Waals surface area contributed by atoms with Gasteiger partial charge in [-0.2, -0.15) is 5.10 Å². The first-order valence-corrected chi connectivity index (χ1v) is 8.60. The Morgan fingerprint density at radius 2 is 2.07 bits per heavy atom. The first-order chi connectivity index (χ1) is 12.8. The van der Waals surface area contributed by atoms with E-state index in [4.69, 9.17) is 0 Å². The summed E-state index contributed by atoms with van der Waals surface area (Å²) >= 11 is 0. The number of rotatable bonds is 3. The number of halogens is 2. The molecule has 140 valence electrons. The molecule has 1 unspecified atom stereocenters. The molecular weight excluding hydrogens is 354 g/mol. The zero-order chi connectivity index (χ0) is 19.3. The van der Waals surface area contributed by atoms with Gasteiger partial charge in [-0.25, -0.2) is 23.1 Å². The van der Waals surface area contributed by atoms with Crippen LogP contribution in [0.3, 0.4) is 0 Å². The lowest BCUT2D eigenvalue weighted by molar-refractivity contribution is 0.0698. The van der Waals surface area contributed by atoms with Gasteiger partial charge in [0.1, 0.15) is 23.0 Å². The van der Waals surface area contributed by atoms with E-state index in [1.807, 2.05) is 18.7 Å². The second kappa shape index (κ2) is 6.00. The molecule has 27 heavy (non-hydrogen) atoms. The van der Waals surface area contributed by atoms with Crippen LogP contribution in [0.25, 0.3) is 5.65 Å². The second-order valence-electron chi connectivity index (χ2n) is 7.32. The third-order valence-corrected chi connectivity index (χ3v) is 5.14. The average molecular weight is 372 g/mol. The molecule has 1 saturated heterocycles. The number of aromatic carboxylic acids is 1. The minimum absolute atomic E-state index is 0.0117. The molecule has 1 atom stereocenters. The van der Waals surface area contributed by atoms with Gasteiger partial charge in [0.2, 0.25) is 0 Å². The largest absolute Gasteiger partial charge is 0.477 e. The summed E-state index contributed by atoms with van der Waals surface area (Å²) in [5.74, 6) is -1.59. The van der Waals surface area contributed by atoms with Crippen LogP contribution >= 0.6 is 0 Å². The maximum Gasteiger partial charge on any atom is 0.341 e. The van der Waals surface area contributed by atoms with Crippen molar-refractivity contribution in [3.05, 3.63) is 59.4 Å². The highest BCUT2D eigenvalue weighted by atomic mass is 19.1. The van der Waals surface area contributed by atoms with Gasteiger partial charge in [0.25, 0.3) is 0 Å². The lowest BCUT2D eigenvalue weighted by Gasteiger charge is -2.37. The summed E-state index contributed by atoms with van der Waals surface area (Å²) in [6.07, 6.45) is 4.25. The van der Waals surface area contributed by atoms with Crippen molar-refractivity contribution < 1.29 is 18.7 Å². The van der Waals surface area contributed by atoms with Gasteiger partial charge in [0, 0.05) is 17.3 Å². The zero-order valence-corrected chi connectivity index (χ0v) is 14.9. The van der Waals surface area contributed by atoms with Crippen molar-refractivity contribution in [2.75, 3.05) is 4.90 Å². The van der Waals surface area contributed by atoms with E-state index < -0.39 is 23.6 Å². The van der Waals surface area contributed by atoms with E-state index in [2.05, 4.69) is 10.1 Å². The summed E-state index contributed by atoms with van der Waals surface area (Å²) in [6, 6.07) is 4.75. The first-order valence-electron chi connectivity index (χ1n) is 8.60. The van der Waals surface area contributed by atoms with Crippen molar-refractivity contribution in [1.29, 1.82) is 0 Å². The Bertz CT molecular complexity index is 1050. The van der Waals surface area contributed by atoms with Gasteiger partial charge in [0.15, 0.2) is 5.65 Å². The third kappa shape index (κ3) is 2.81. The Morgan fingerprint density at radius 1 is 1.30 bits per heavy atom. The van der Waals surface area contributed by atoms with Crippen LogP contribution in [0.2, 0.25) is 0 Å². The fourth-order valence-electron chi connectivity index (χ4n) is 3.84. The quantitative estimate of drug-likeness (QED) is 0.757. The maximum absolute atomic E-state index is 14.4. The summed E-state index contributed by atoms with van der Waals surface area (Å²) in [5, 5.41) is 13.3. The zero-order valence-electron chi connectivity index (χ0n) is 14.9. The smallest absolute Gasteiger partial charge is 0.341 e. The molecule has 1 aliphatic heterocycles. The summed E-state index contributed by atoms with van der Waals surface area (Å²) in [7, 11) is 0. The van der Waals surface area contributed by atoms with Crippen molar-refractivity contribution >= 4 is 17.4 Å². The topological polar surface area (TPSA) is 70.7 Å². The lowest BCUT2D eigenvalue weighted by Crippen LogP contribution is -2.40. The lowest BCUT2D eigenvalue weighted by atomic mass is 10.0. The highest BCUT2D eigenvalue weighted by Gasteiger charge is 2.42. The van der Waals surface area contributed by atoms with Crippen LogP contribution in [0.1, 0.15) is 48.7 Å². The molecule has 0 spiro atoms. The molecule has 1 fully saturated rings. The molecule has 0 radical (unpaired) electrons. The van der Waals surface area contributed by atoms with Crippen LogP contribution in [-0.4, -0.2) is 31.2 Å². The molecule has 2 aromatic heterocycles. The van der Waals surface area contributed by atoms with E-state index in [1.165, 1.54) is 16.8 Å². The summed E-state index contributed by atoms with van der Waals surface area (Å²) < 4.78 is 29.6.